The molecule has 0 atom stereocenters. The van der Waals surface area contributed by atoms with Crippen molar-refractivity contribution in [2.24, 2.45) is 0 Å². The fraction of sp³-hybridized carbons (Fsp3) is 0.143. The number of thiophene rings is 1. The van der Waals surface area contributed by atoms with E-state index < -0.39 is 9.84 Å². The largest absolute Gasteiger partial charge is 0.481 e. The van der Waals surface area contributed by atoms with Crippen LogP contribution >= 0.6 is 23.6 Å². The number of nitrogens with one attached hydrogen (secondary N) is 2. The van der Waals surface area contributed by atoms with Crippen LogP contribution in [-0.4, -0.2) is 43.6 Å². The van der Waals surface area contributed by atoms with Gasteiger partial charge in [-0.25, -0.2) is 8.42 Å². The standard InChI is InChI=1S/C21H20N4O5S3/c1-29-19-12-15(22-20(25-19)30-2)13-33(27,28)17-8-5-14(6-9-17)23-21(31)24-18(26)10-7-16-4-3-11-32-16/h3-12H,13H2,1-2H3,(H2,23,24,26,31)/b10-7+. The highest BCUT2D eigenvalue weighted by Crippen LogP contribution is 2.21. The molecule has 0 fully saturated rings. The molecule has 1 aromatic carbocycles. The highest BCUT2D eigenvalue weighted by Gasteiger charge is 2.18. The Hall–Kier alpha value is -3.35. The molecule has 3 aromatic rings. The van der Waals surface area contributed by atoms with Crippen molar-refractivity contribution in [3.63, 3.8) is 0 Å². The van der Waals surface area contributed by atoms with E-state index in [-0.39, 0.29) is 39.3 Å². The summed E-state index contributed by atoms with van der Waals surface area (Å²) in [5, 5.41) is 7.38. The zero-order valence-electron chi connectivity index (χ0n) is 17.6. The Morgan fingerprint density at radius 3 is 2.55 bits per heavy atom. The van der Waals surface area contributed by atoms with Gasteiger partial charge >= 0.3 is 6.01 Å². The first kappa shape index (κ1) is 24.3. The summed E-state index contributed by atoms with van der Waals surface area (Å²) in [5.41, 5.74) is 0.757. The smallest absolute Gasteiger partial charge is 0.319 e. The van der Waals surface area contributed by atoms with Crippen LogP contribution in [0, 0.1) is 0 Å². The van der Waals surface area contributed by atoms with Crippen molar-refractivity contribution in [3.05, 3.63) is 64.5 Å². The van der Waals surface area contributed by atoms with Crippen LogP contribution in [-0.2, 0) is 20.4 Å². The molecule has 0 aliphatic carbocycles. The highest BCUT2D eigenvalue weighted by atomic mass is 32.2. The Morgan fingerprint density at radius 2 is 1.91 bits per heavy atom. The van der Waals surface area contributed by atoms with Gasteiger partial charge in [0.05, 0.1) is 30.6 Å². The first-order valence-corrected chi connectivity index (χ1v) is 12.4. The van der Waals surface area contributed by atoms with Crippen molar-refractivity contribution in [3.8, 4) is 11.9 Å². The third-order valence-electron chi connectivity index (χ3n) is 4.11. The third kappa shape index (κ3) is 7.07. The number of aromatic nitrogens is 2. The van der Waals surface area contributed by atoms with Crippen LogP contribution in [0.3, 0.4) is 0 Å². The number of sulfone groups is 1. The van der Waals surface area contributed by atoms with Crippen molar-refractivity contribution >= 4 is 56.2 Å². The number of thiocarbonyl (C=S) groups is 1. The van der Waals surface area contributed by atoms with E-state index in [1.165, 1.54) is 49.8 Å². The van der Waals surface area contributed by atoms with Crippen LogP contribution < -0.4 is 20.1 Å². The van der Waals surface area contributed by atoms with Crippen molar-refractivity contribution in [2.45, 2.75) is 10.6 Å². The monoisotopic (exact) mass is 504 g/mol. The topological polar surface area (TPSA) is 120 Å². The predicted octanol–water partition coefficient (Wildman–Crippen LogP) is 3.06. The van der Waals surface area contributed by atoms with Gasteiger partial charge in [0.15, 0.2) is 14.9 Å². The Morgan fingerprint density at radius 1 is 1.15 bits per heavy atom. The lowest BCUT2D eigenvalue weighted by Gasteiger charge is -2.10. The van der Waals surface area contributed by atoms with Gasteiger partial charge in [-0.05, 0) is 54.0 Å². The molecule has 2 heterocycles. The lowest BCUT2D eigenvalue weighted by Crippen LogP contribution is -2.32. The minimum absolute atomic E-state index is 0.0138. The number of methoxy groups -OCH3 is 2. The molecular formula is C21H20N4O5S3. The van der Waals surface area contributed by atoms with E-state index in [9.17, 15) is 13.2 Å². The lowest BCUT2D eigenvalue weighted by molar-refractivity contribution is -0.115. The molecule has 12 heteroatoms. The molecule has 2 N–H and O–H groups in total. The maximum Gasteiger partial charge on any atom is 0.319 e. The second-order valence-electron chi connectivity index (χ2n) is 6.46. The predicted molar refractivity (Wildman–Crippen MR) is 130 cm³/mol. The maximum absolute atomic E-state index is 12.8. The number of anilines is 1. The maximum atomic E-state index is 12.8. The summed E-state index contributed by atoms with van der Waals surface area (Å²) in [4.78, 5) is 21.0. The van der Waals surface area contributed by atoms with Gasteiger partial charge in [0.2, 0.25) is 11.8 Å². The Kier molecular flexibility index (Phi) is 8.09. The van der Waals surface area contributed by atoms with E-state index in [4.69, 9.17) is 21.7 Å². The van der Waals surface area contributed by atoms with Gasteiger partial charge < -0.3 is 14.8 Å². The lowest BCUT2D eigenvalue weighted by atomic mass is 10.3. The summed E-state index contributed by atoms with van der Waals surface area (Å²) in [5.74, 6) is -0.539. The fourth-order valence-corrected chi connectivity index (χ4v) is 4.69. The van der Waals surface area contributed by atoms with Crippen LogP contribution in [0.2, 0.25) is 0 Å². The molecule has 0 spiro atoms. The molecule has 0 saturated heterocycles. The average Bonchev–Trinajstić information content (AvgIpc) is 3.31. The van der Waals surface area contributed by atoms with Gasteiger partial charge in [0.1, 0.15) is 0 Å². The second kappa shape index (κ2) is 11.0. The van der Waals surface area contributed by atoms with E-state index in [2.05, 4.69) is 20.6 Å². The molecule has 1 amide bonds. The van der Waals surface area contributed by atoms with Gasteiger partial charge in [-0.15, -0.1) is 11.3 Å². The number of ether oxygens (including phenoxy) is 2. The van der Waals surface area contributed by atoms with Crippen molar-refractivity contribution in [1.29, 1.82) is 0 Å². The summed E-state index contributed by atoms with van der Waals surface area (Å²) in [6.45, 7) is 0. The van der Waals surface area contributed by atoms with E-state index in [1.807, 2.05) is 17.5 Å². The minimum Gasteiger partial charge on any atom is -0.481 e. The summed E-state index contributed by atoms with van der Waals surface area (Å²) < 4.78 is 35.6. The molecule has 33 heavy (non-hydrogen) atoms. The zero-order valence-corrected chi connectivity index (χ0v) is 20.1. The number of benzene rings is 1. The van der Waals surface area contributed by atoms with Crippen molar-refractivity contribution in [2.75, 3.05) is 19.5 Å². The molecule has 0 bridgehead atoms. The summed E-state index contributed by atoms with van der Waals surface area (Å²) in [6.07, 6.45) is 3.07. The SMILES string of the molecule is COc1cc(CS(=O)(=O)c2ccc(NC(=S)NC(=O)/C=C/c3cccs3)cc2)nc(OC)n1. The molecule has 0 radical (unpaired) electrons. The Bertz CT molecular complexity index is 1240. The summed E-state index contributed by atoms with van der Waals surface area (Å²) in [7, 11) is -0.900. The number of hydrogen-bond donors (Lipinski definition) is 2. The van der Waals surface area contributed by atoms with Crippen molar-refractivity contribution in [1.82, 2.24) is 15.3 Å². The number of rotatable bonds is 8. The van der Waals surface area contributed by atoms with Crippen LogP contribution in [0.1, 0.15) is 10.6 Å². The van der Waals surface area contributed by atoms with E-state index >= 15 is 0 Å². The number of carbonyl (C=O) groups excluding carboxylic acids is 1. The highest BCUT2D eigenvalue weighted by molar-refractivity contribution is 7.90. The van der Waals surface area contributed by atoms with E-state index in [0.29, 0.717) is 5.69 Å². The number of amides is 1. The van der Waals surface area contributed by atoms with Crippen LogP contribution in [0.5, 0.6) is 11.9 Å². The number of nitrogens with zero attached hydrogens (tertiary/aromatic N) is 2. The van der Waals surface area contributed by atoms with Gasteiger partial charge in [0.25, 0.3) is 0 Å². The molecular weight excluding hydrogens is 484 g/mol. The molecule has 0 aliphatic rings. The second-order valence-corrected chi connectivity index (χ2v) is 9.84. The minimum atomic E-state index is -3.70. The number of carbonyl (C=O) groups is 1. The molecule has 0 saturated carbocycles. The zero-order chi connectivity index (χ0) is 23.8. The molecule has 172 valence electrons. The number of hydrogen-bond acceptors (Lipinski definition) is 9. The first-order chi connectivity index (χ1) is 15.8. The summed E-state index contributed by atoms with van der Waals surface area (Å²) >= 11 is 6.65. The average molecular weight is 505 g/mol. The van der Waals surface area contributed by atoms with Gasteiger partial charge in [-0.3, -0.25) is 10.1 Å². The van der Waals surface area contributed by atoms with Crippen molar-refractivity contribution < 1.29 is 22.7 Å². The van der Waals surface area contributed by atoms with E-state index in [0.717, 1.165) is 4.88 Å². The van der Waals surface area contributed by atoms with Gasteiger partial charge in [0, 0.05) is 22.7 Å². The van der Waals surface area contributed by atoms with Crippen LogP contribution in [0.25, 0.3) is 6.08 Å². The Balaban J connectivity index is 1.62. The molecule has 0 aliphatic heterocycles. The fourth-order valence-electron chi connectivity index (χ4n) is 2.60. The Labute approximate surface area is 200 Å². The molecule has 3 rings (SSSR count). The third-order valence-corrected chi connectivity index (χ3v) is 6.82. The first-order valence-electron chi connectivity index (χ1n) is 9.41. The van der Waals surface area contributed by atoms with Crippen LogP contribution in [0.4, 0.5) is 5.69 Å². The molecule has 0 unspecified atom stereocenters. The normalized spacial score (nSPS) is 11.2. The van der Waals surface area contributed by atoms with Gasteiger partial charge in [-0.2, -0.15) is 9.97 Å². The summed E-state index contributed by atoms with van der Waals surface area (Å²) in [6, 6.07) is 11.2. The molecule has 2 aromatic heterocycles. The van der Waals surface area contributed by atoms with Gasteiger partial charge in [-0.1, -0.05) is 6.07 Å². The molecule has 9 nitrogen and oxygen atoms in total. The van der Waals surface area contributed by atoms with E-state index in [1.54, 1.807) is 18.2 Å². The van der Waals surface area contributed by atoms with Crippen LogP contribution in [0.15, 0.2) is 58.8 Å². The quantitative estimate of drug-likeness (QED) is 0.352.